The van der Waals surface area contributed by atoms with Gasteiger partial charge in [-0.2, -0.15) is 0 Å². The zero-order chi connectivity index (χ0) is 12.8. The second kappa shape index (κ2) is 6.62. The Kier molecular flexibility index (Phi) is 5.45. The Balaban J connectivity index is 2.98. The van der Waals surface area contributed by atoms with Crippen molar-refractivity contribution in [3.63, 3.8) is 0 Å². The molecule has 0 fully saturated rings. The third-order valence-corrected chi connectivity index (χ3v) is 2.70. The molecule has 4 heteroatoms. The maximum absolute atomic E-state index is 11.3. The molecule has 1 aromatic rings. The molecule has 1 rings (SSSR count). The van der Waals surface area contributed by atoms with E-state index < -0.39 is 0 Å². The fraction of sp³-hybridized carbons (Fsp3) is 0.462. The quantitative estimate of drug-likeness (QED) is 0.820. The molecule has 0 saturated carbocycles. The molecule has 0 aromatic heterocycles. The van der Waals surface area contributed by atoms with Crippen LogP contribution in [-0.4, -0.2) is 18.4 Å². The molecular formula is C13H18ClNO2. The molecule has 1 amide bonds. The van der Waals surface area contributed by atoms with Crippen molar-refractivity contribution in [1.82, 2.24) is 0 Å². The lowest BCUT2D eigenvalue weighted by Crippen LogP contribution is -2.15. The lowest BCUT2D eigenvalue weighted by atomic mass is 10.1. The summed E-state index contributed by atoms with van der Waals surface area (Å²) in [5.74, 6) is -0.252. The molecule has 0 aliphatic carbocycles. The van der Waals surface area contributed by atoms with Crippen LogP contribution in [0.4, 0.5) is 5.69 Å². The average molecular weight is 256 g/mol. The molecule has 1 unspecified atom stereocenters. The van der Waals surface area contributed by atoms with E-state index in [-0.39, 0.29) is 17.9 Å². The van der Waals surface area contributed by atoms with E-state index in [1.165, 1.54) is 0 Å². The molecule has 17 heavy (non-hydrogen) atoms. The third-order valence-electron chi connectivity index (χ3n) is 2.46. The van der Waals surface area contributed by atoms with E-state index in [0.29, 0.717) is 6.61 Å². The molecule has 94 valence electrons. The molecule has 3 nitrogen and oxygen atoms in total. The number of carbonyl (C=O) groups is 1. The first kappa shape index (κ1) is 14.0. The number of halogens is 1. The van der Waals surface area contributed by atoms with Gasteiger partial charge in [0.15, 0.2) is 0 Å². The topological polar surface area (TPSA) is 38.3 Å². The molecule has 0 aliphatic rings. The molecule has 1 aromatic carbocycles. The zero-order valence-electron chi connectivity index (χ0n) is 10.4. The molecule has 0 saturated heterocycles. The van der Waals surface area contributed by atoms with Gasteiger partial charge in [-0.3, -0.25) is 4.79 Å². The van der Waals surface area contributed by atoms with Gasteiger partial charge in [0.05, 0.1) is 6.10 Å². The Hall–Kier alpha value is -1.06. The number of nitrogens with one attached hydrogen (secondary N) is 1. The fourth-order valence-corrected chi connectivity index (χ4v) is 1.72. The van der Waals surface area contributed by atoms with E-state index in [0.717, 1.165) is 16.8 Å². The number of hydrogen-bond donors (Lipinski definition) is 1. The van der Waals surface area contributed by atoms with Gasteiger partial charge >= 0.3 is 0 Å². The molecule has 0 aliphatic heterocycles. The summed E-state index contributed by atoms with van der Waals surface area (Å²) in [4.78, 5) is 11.3. The Labute approximate surface area is 107 Å². The standard InChI is InChI=1S/C13H18ClNO2/c1-4-17-10(3)11-6-5-9(2)7-12(11)15-13(16)8-14/h5-7,10H,4,8H2,1-3H3,(H,15,16). The van der Waals surface area contributed by atoms with Gasteiger partial charge in [0.25, 0.3) is 0 Å². The molecule has 0 spiro atoms. The van der Waals surface area contributed by atoms with E-state index in [9.17, 15) is 4.79 Å². The summed E-state index contributed by atoms with van der Waals surface area (Å²) in [6, 6.07) is 5.90. The van der Waals surface area contributed by atoms with E-state index in [1.54, 1.807) is 0 Å². The zero-order valence-corrected chi connectivity index (χ0v) is 11.2. The molecule has 0 bridgehead atoms. The summed E-state index contributed by atoms with van der Waals surface area (Å²) in [6.45, 7) is 6.52. The van der Waals surface area contributed by atoms with Crippen LogP contribution in [0, 0.1) is 6.92 Å². The highest BCUT2D eigenvalue weighted by atomic mass is 35.5. The van der Waals surface area contributed by atoms with Crippen molar-refractivity contribution in [3.8, 4) is 0 Å². The highest BCUT2D eigenvalue weighted by Gasteiger charge is 2.12. The molecular weight excluding hydrogens is 238 g/mol. The number of rotatable bonds is 5. The minimum absolute atomic E-state index is 0.0452. The van der Waals surface area contributed by atoms with Crippen LogP contribution < -0.4 is 5.32 Å². The number of hydrogen-bond acceptors (Lipinski definition) is 2. The SMILES string of the molecule is CCOC(C)c1ccc(C)cc1NC(=O)CCl. The van der Waals surface area contributed by atoms with Crippen LogP contribution in [0.15, 0.2) is 18.2 Å². The van der Waals surface area contributed by atoms with Gasteiger partial charge in [-0.1, -0.05) is 12.1 Å². The minimum Gasteiger partial charge on any atom is -0.374 e. The maximum Gasteiger partial charge on any atom is 0.239 e. The first-order valence-electron chi connectivity index (χ1n) is 5.66. The van der Waals surface area contributed by atoms with Crippen LogP contribution in [0.2, 0.25) is 0 Å². The van der Waals surface area contributed by atoms with Crippen LogP contribution in [-0.2, 0) is 9.53 Å². The summed E-state index contributed by atoms with van der Waals surface area (Å²) >= 11 is 5.49. The number of carbonyl (C=O) groups excluding carboxylic acids is 1. The van der Waals surface area contributed by atoms with Crippen LogP contribution in [0.1, 0.15) is 31.1 Å². The van der Waals surface area contributed by atoms with E-state index in [1.807, 2.05) is 39.0 Å². The predicted octanol–water partition coefficient (Wildman–Crippen LogP) is 3.27. The summed E-state index contributed by atoms with van der Waals surface area (Å²) in [7, 11) is 0. The van der Waals surface area contributed by atoms with Crippen molar-refractivity contribution < 1.29 is 9.53 Å². The summed E-state index contributed by atoms with van der Waals surface area (Å²) in [5, 5.41) is 2.79. The number of benzene rings is 1. The summed E-state index contributed by atoms with van der Waals surface area (Å²) in [5.41, 5.74) is 2.83. The van der Waals surface area contributed by atoms with Gasteiger partial charge in [0.2, 0.25) is 5.91 Å². The highest BCUT2D eigenvalue weighted by molar-refractivity contribution is 6.29. The molecule has 0 radical (unpaired) electrons. The second-order valence-electron chi connectivity index (χ2n) is 3.87. The van der Waals surface area contributed by atoms with Gasteiger partial charge < -0.3 is 10.1 Å². The fourth-order valence-electron chi connectivity index (χ4n) is 1.66. The van der Waals surface area contributed by atoms with Crippen molar-refractivity contribution in [2.45, 2.75) is 26.9 Å². The van der Waals surface area contributed by atoms with Gasteiger partial charge in [-0.05, 0) is 32.4 Å². The lowest BCUT2D eigenvalue weighted by molar-refractivity contribution is -0.113. The Morgan fingerprint density at radius 2 is 2.24 bits per heavy atom. The monoisotopic (exact) mass is 255 g/mol. The first-order valence-corrected chi connectivity index (χ1v) is 6.20. The normalized spacial score (nSPS) is 12.2. The molecule has 1 N–H and O–H groups in total. The number of alkyl halides is 1. The Morgan fingerprint density at radius 3 is 2.82 bits per heavy atom. The third kappa shape index (κ3) is 4.02. The van der Waals surface area contributed by atoms with Crippen LogP contribution in [0.5, 0.6) is 0 Å². The van der Waals surface area contributed by atoms with Gasteiger partial charge in [-0.25, -0.2) is 0 Å². The summed E-state index contributed by atoms with van der Waals surface area (Å²) < 4.78 is 5.54. The highest BCUT2D eigenvalue weighted by Crippen LogP contribution is 2.26. The number of aryl methyl sites for hydroxylation is 1. The largest absolute Gasteiger partial charge is 0.374 e. The number of anilines is 1. The van der Waals surface area contributed by atoms with Crippen LogP contribution >= 0.6 is 11.6 Å². The molecule has 0 heterocycles. The van der Waals surface area contributed by atoms with Crippen LogP contribution in [0.25, 0.3) is 0 Å². The van der Waals surface area contributed by atoms with E-state index in [4.69, 9.17) is 16.3 Å². The van der Waals surface area contributed by atoms with Crippen molar-refractivity contribution in [3.05, 3.63) is 29.3 Å². The Bertz CT molecular complexity index is 393. The van der Waals surface area contributed by atoms with Gasteiger partial charge in [0.1, 0.15) is 5.88 Å². The minimum atomic E-state index is -0.206. The van der Waals surface area contributed by atoms with Crippen LogP contribution in [0.3, 0.4) is 0 Å². The second-order valence-corrected chi connectivity index (χ2v) is 4.14. The predicted molar refractivity (Wildman–Crippen MR) is 70.6 cm³/mol. The average Bonchev–Trinajstić information content (AvgIpc) is 2.29. The van der Waals surface area contributed by atoms with Gasteiger partial charge in [0, 0.05) is 17.9 Å². The Morgan fingerprint density at radius 1 is 1.53 bits per heavy atom. The van der Waals surface area contributed by atoms with Crippen molar-refractivity contribution in [1.29, 1.82) is 0 Å². The van der Waals surface area contributed by atoms with E-state index >= 15 is 0 Å². The maximum atomic E-state index is 11.3. The number of ether oxygens (including phenoxy) is 1. The molecule has 1 atom stereocenters. The smallest absolute Gasteiger partial charge is 0.239 e. The van der Waals surface area contributed by atoms with Crippen molar-refractivity contribution in [2.24, 2.45) is 0 Å². The van der Waals surface area contributed by atoms with Crippen molar-refractivity contribution >= 4 is 23.2 Å². The first-order chi connectivity index (χ1) is 8.08. The van der Waals surface area contributed by atoms with E-state index in [2.05, 4.69) is 5.32 Å². The number of amides is 1. The van der Waals surface area contributed by atoms with Gasteiger partial charge in [-0.15, -0.1) is 11.6 Å². The van der Waals surface area contributed by atoms with Crippen molar-refractivity contribution in [2.75, 3.05) is 17.8 Å². The lowest BCUT2D eigenvalue weighted by Gasteiger charge is -2.17. The summed E-state index contributed by atoms with van der Waals surface area (Å²) in [6.07, 6.45) is -0.0498.